The zero-order valence-corrected chi connectivity index (χ0v) is 32.7. The quantitative estimate of drug-likeness (QED) is 0.0640. The van der Waals surface area contributed by atoms with Crippen LogP contribution in [0, 0.1) is 0 Å². The van der Waals surface area contributed by atoms with Crippen molar-refractivity contribution in [3.05, 3.63) is 0 Å². The molecule has 15 N–H and O–H groups in total. The zero-order valence-electron chi connectivity index (χ0n) is 31.9. The first kappa shape index (κ1) is 50.2. The highest BCUT2D eigenvalue weighted by Gasteiger charge is 2.61. The van der Waals surface area contributed by atoms with Crippen LogP contribution < -0.4 is 10.6 Å². The van der Waals surface area contributed by atoms with Crippen LogP contribution in [0.1, 0.15) is 27.2 Å². The fourth-order valence-electron chi connectivity index (χ4n) is 7.13. The Hall–Kier alpha value is -2.44. The third-order valence-electron chi connectivity index (χ3n) is 10.1. The Morgan fingerprint density at radius 2 is 1.37 bits per heavy atom. The van der Waals surface area contributed by atoms with Gasteiger partial charge in [0.1, 0.15) is 85.4 Å². The van der Waals surface area contributed by atoms with Crippen molar-refractivity contribution < 1.29 is 126 Å². The number of aliphatic hydroxyl groups is 11. The molecule has 2 amide bonds. The van der Waals surface area contributed by atoms with Gasteiger partial charge in [0.2, 0.25) is 11.8 Å². The SMILES string of the molecule is CC(=O)N[C@H]1[C@H]([C@H](O)[C@H](O)CO)O[C@@](O[C@H]2[C@@H](O)[C@@H](CO)O[C@@H](O[C@H]3[C@H](O[C@@H]4O[C@@H](C)[C@@H](O)[C@@H](O)[C@@H]4O)[C@@H](NC(C)=O)C(O)O[C@@H]3COS(=O)(=O)O)[C@@H]2O)(C(=O)O)C[C@@H]1O. The molecular weight excluding hydrogens is 848 g/mol. The van der Waals surface area contributed by atoms with Crippen LogP contribution in [0.5, 0.6) is 0 Å². The molecule has 0 aliphatic carbocycles. The molecule has 4 aliphatic rings. The van der Waals surface area contributed by atoms with E-state index >= 15 is 0 Å². The third kappa shape index (κ3) is 11.4. The van der Waals surface area contributed by atoms with Crippen molar-refractivity contribution in [2.24, 2.45) is 0 Å². The van der Waals surface area contributed by atoms with E-state index in [0.717, 1.165) is 13.8 Å². The van der Waals surface area contributed by atoms with Crippen molar-refractivity contribution in [3.8, 4) is 0 Å². The Bertz CT molecular complexity index is 1580. The van der Waals surface area contributed by atoms with Crippen molar-refractivity contribution in [1.29, 1.82) is 0 Å². The van der Waals surface area contributed by atoms with Gasteiger partial charge in [0.25, 0.3) is 5.79 Å². The molecule has 4 rings (SSSR count). The molecule has 0 spiro atoms. The lowest BCUT2D eigenvalue weighted by Crippen LogP contribution is -2.71. The summed E-state index contributed by atoms with van der Waals surface area (Å²) in [6, 6.07) is -3.45. The minimum absolute atomic E-state index is 0.821. The van der Waals surface area contributed by atoms with E-state index in [9.17, 15) is 88.6 Å². The van der Waals surface area contributed by atoms with Gasteiger partial charge in [-0.15, -0.1) is 0 Å². The van der Waals surface area contributed by atoms with E-state index in [4.69, 9.17) is 33.2 Å². The van der Waals surface area contributed by atoms with Gasteiger partial charge in [0.15, 0.2) is 18.9 Å². The monoisotopic (exact) mass is 900 g/mol. The van der Waals surface area contributed by atoms with Crippen LogP contribution in [0.3, 0.4) is 0 Å². The molecule has 4 fully saturated rings. The molecule has 4 saturated heterocycles. The van der Waals surface area contributed by atoms with Crippen LogP contribution in [-0.4, -0.2) is 240 Å². The molecule has 28 nitrogen and oxygen atoms in total. The van der Waals surface area contributed by atoms with Gasteiger partial charge >= 0.3 is 16.4 Å². The molecule has 4 aliphatic heterocycles. The lowest BCUT2D eigenvalue weighted by molar-refractivity contribution is -0.389. The predicted molar refractivity (Wildman–Crippen MR) is 183 cm³/mol. The number of nitrogens with one attached hydrogen (secondary N) is 2. The number of carbonyl (C=O) groups is 3. The highest BCUT2D eigenvalue weighted by molar-refractivity contribution is 7.80. The minimum Gasteiger partial charge on any atom is -0.477 e. The zero-order chi connectivity index (χ0) is 45.2. The summed E-state index contributed by atoms with van der Waals surface area (Å²) in [5.74, 6) is -6.98. The second kappa shape index (κ2) is 20.4. The molecule has 1 unspecified atom stereocenters. The van der Waals surface area contributed by atoms with Crippen molar-refractivity contribution in [1.82, 2.24) is 10.6 Å². The van der Waals surface area contributed by atoms with Gasteiger partial charge in [-0.3, -0.25) is 14.1 Å². The summed E-state index contributed by atoms with van der Waals surface area (Å²) in [5, 5.41) is 132. The molecule has 60 heavy (non-hydrogen) atoms. The van der Waals surface area contributed by atoms with Crippen LogP contribution in [0.15, 0.2) is 0 Å². The second-order valence-electron chi connectivity index (χ2n) is 14.6. The Morgan fingerprint density at radius 3 is 1.92 bits per heavy atom. The molecule has 21 atom stereocenters. The molecular formula is C31H52N2O26S. The van der Waals surface area contributed by atoms with Gasteiger partial charge in [0.05, 0.1) is 38.1 Å². The maximum atomic E-state index is 12.9. The van der Waals surface area contributed by atoms with Gasteiger partial charge < -0.3 is 105 Å². The minimum atomic E-state index is -5.29. The molecule has 0 saturated carbocycles. The Labute approximate surface area is 340 Å². The van der Waals surface area contributed by atoms with Crippen LogP contribution in [0.25, 0.3) is 0 Å². The Balaban J connectivity index is 1.77. The smallest absolute Gasteiger partial charge is 0.397 e. The summed E-state index contributed by atoms with van der Waals surface area (Å²) < 4.78 is 76.5. The fraction of sp³-hybridized carbons (Fsp3) is 0.903. The Morgan fingerprint density at radius 1 is 0.783 bits per heavy atom. The standard InChI is InChI=1S/C31H52N2O26S/c1-8-17(40)20(43)21(44)28(53-8)57-25-16(33-10(3)37)27(46)54-14(7-52-60(49,50)51)23(25)56-29-22(45)26(19(42)13(6-35)55-29)59-31(30(47)48)4-11(38)15(32-9(2)36)24(58-31)18(41)12(39)5-34/h8,11-29,34-35,38-46H,4-7H2,1-3H3,(H,32,36)(H,33,37)(H,47,48)(H,49,50,51)/t8-,11-,12+,13+,14+,15+,16+,17+,18+,19-,20+,21-,22+,23+,24+,25+,26-,27?,28-,29-,31-/m0/s1. The lowest BCUT2D eigenvalue weighted by Gasteiger charge is -2.51. The van der Waals surface area contributed by atoms with E-state index in [1.54, 1.807) is 0 Å². The van der Waals surface area contributed by atoms with E-state index in [2.05, 4.69) is 14.8 Å². The van der Waals surface area contributed by atoms with E-state index < -0.39 is 183 Å². The van der Waals surface area contributed by atoms with Crippen molar-refractivity contribution in [2.75, 3.05) is 19.8 Å². The van der Waals surface area contributed by atoms with Gasteiger partial charge in [-0.05, 0) is 6.92 Å². The summed E-state index contributed by atoms with van der Waals surface area (Å²) in [6.07, 6.45) is -37.6. The largest absolute Gasteiger partial charge is 0.477 e. The topological polar surface area (TPSA) is 446 Å². The average molecular weight is 901 g/mol. The van der Waals surface area contributed by atoms with Crippen LogP contribution in [-0.2, 0) is 62.1 Å². The normalized spacial score (nSPS) is 43.7. The van der Waals surface area contributed by atoms with Crippen molar-refractivity contribution in [3.63, 3.8) is 0 Å². The molecule has 0 aromatic carbocycles. The van der Waals surface area contributed by atoms with E-state index in [-0.39, 0.29) is 0 Å². The van der Waals surface area contributed by atoms with Gasteiger partial charge in [-0.25, -0.2) is 8.98 Å². The number of carboxylic acid groups (broad SMARTS) is 1. The van der Waals surface area contributed by atoms with Gasteiger partial charge in [-0.1, -0.05) is 0 Å². The molecule has 4 heterocycles. The summed E-state index contributed by atoms with van der Waals surface area (Å²) in [7, 11) is -5.29. The number of carbonyl (C=O) groups excluding carboxylic acids is 2. The summed E-state index contributed by atoms with van der Waals surface area (Å²) in [6.45, 7) is -0.295. The fourth-order valence-corrected chi connectivity index (χ4v) is 7.44. The van der Waals surface area contributed by atoms with Gasteiger partial charge in [0, 0.05) is 20.3 Å². The molecule has 348 valence electrons. The van der Waals surface area contributed by atoms with E-state index in [1.165, 1.54) is 6.92 Å². The predicted octanol–water partition coefficient (Wildman–Crippen LogP) is -9.40. The molecule has 0 radical (unpaired) electrons. The number of amides is 2. The highest BCUT2D eigenvalue weighted by Crippen LogP contribution is 2.39. The molecule has 0 aromatic rings. The van der Waals surface area contributed by atoms with Crippen LogP contribution in [0.2, 0.25) is 0 Å². The Kier molecular flexibility index (Phi) is 17.1. The maximum absolute atomic E-state index is 12.9. The number of rotatable bonds is 16. The molecule has 29 heteroatoms. The second-order valence-corrected chi connectivity index (χ2v) is 15.6. The molecule has 0 aromatic heterocycles. The van der Waals surface area contributed by atoms with Gasteiger partial charge in [-0.2, -0.15) is 8.42 Å². The van der Waals surface area contributed by atoms with Crippen molar-refractivity contribution in [2.45, 2.75) is 155 Å². The molecule has 0 bridgehead atoms. The maximum Gasteiger partial charge on any atom is 0.397 e. The first-order chi connectivity index (χ1) is 27.9. The third-order valence-corrected chi connectivity index (χ3v) is 10.6. The van der Waals surface area contributed by atoms with Crippen LogP contribution >= 0.6 is 0 Å². The summed E-state index contributed by atoms with van der Waals surface area (Å²) in [5.41, 5.74) is 0. The van der Waals surface area contributed by atoms with Crippen LogP contribution in [0.4, 0.5) is 0 Å². The first-order valence-corrected chi connectivity index (χ1v) is 19.6. The highest BCUT2D eigenvalue weighted by atomic mass is 32.3. The first-order valence-electron chi connectivity index (χ1n) is 18.2. The number of carboxylic acids is 1. The lowest BCUT2D eigenvalue weighted by atomic mass is 9.88. The number of hydrogen-bond donors (Lipinski definition) is 15. The number of hydrogen-bond acceptors (Lipinski definition) is 24. The van der Waals surface area contributed by atoms with E-state index in [0.29, 0.717) is 0 Å². The summed E-state index contributed by atoms with van der Waals surface area (Å²) >= 11 is 0. The number of aliphatic carboxylic acids is 1. The average Bonchev–Trinajstić information content (AvgIpc) is 3.16. The summed E-state index contributed by atoms with van der Waals surface area (Å²) in [4.78, 5) is 37.2. The number of ether oxygens (including phenoxy) is 7. The van der Waals surface area contributed by atoms with Crippen molar-refractivity contribution >= 4 is 28.2 Å². The van der Waals surface area contributed by atoms with E-state index in [1.807, 2.05) is 0 Å². The number of aliphatic hydroxyl groups excluding tert-OH is 11.